The molecule has 5 aromatic carbocycles. The van der Waals surface area contributed by atoms with E-state index in [1.165, 1.54) is 83.3 Å². The molecule has 0 fully saturated rings. The summed E-state index contributed by atoms with van der Waals surface area (Å²) in [6, 6.07) is 43.6. The van der Waals surface area contributed by atoms with Gasteiger partial charge in [-0.1, -0.05) is 83.0 Å². The summed E-state index contributed by atoms with van der Waals surface area (Å²) in [5.41, 5.74) is 6.08. The number of rotatable bonds is 10. The van der Waals surface area contributed by atoms with Crippen LogP contribution in [-0.4, -0.2) is 19.4 Å². The Labute approximate surface area is 347 Å². The van der Waals surface area contributed by atoms with Crippen LogP contribution in [0.1, 0.15) is 112 Å². The van der Waals surface area contributed by atoms with E-state index in [9.17, 15) is 0 Å². The van der Waals surface area contributed by atoms with E-state index in [0.717, 1.165) is 30.3 Å². The van der Waals surface area contributed by atoms with Gasteiger partial charge in [0.2, 0.25) is 0 Å². The minimum atomic E-state index is -1.27. The van der Waals surface area contributed by atoms with Gasteiger partial charge in [0.05, 0.1) is 0 Å². The molecule has 5 aromatic rings. The van der Waals surface area contributed by atoms with Crippen molar-refractivity contribution >= 4 is 51.3 Å². The van der Waals surface area contributed by atoms with E-state index in [1.54, 1.807) is 10.4 Å². The molecule has 0 aliphatic heterocycles. The maximum Gasteiger partial charge on any atom is -0.109 e. The molecule has 0 unspecified atom stereocenters. The minimum Gasteiger partial charge on any atom is -0.273 e. The van der Waals surface area contributed by atoms with Crippen LogP contribution in [0.15, 0.2) is 109 Å². The zero-order valence-corrected chi connectivity index (χ0v) is 41.4. The summed E-state index contributed by atoms with van der Waals surface area (Å²) in [5.74, 6) is 0. The molecular formula is C51H68HfSi2. The molecule has 1 aliphatic carbocycles. The fourth-order valence-electron chi connectivity index (χ4n) is 8.36. The van der Waals surface area contributed by atoms with Crippen molar-refractivity contribution in [1.82, 2.24) is 0 Å². The van der Waals surface area contributed by atoms with Gasteiger partial charge in [-0.05, 0) is 10.8 Å². The van der Waals surface area contributed by atoms with Crippen LogP contribution < -0.4 is 10.4 Å². The van der Waals surface area contributed by atoms with Crippen molar-refractivity contribution < 1.29 is 23.9 Å². The molecule has 6 rings (SSSR count). The third kappa shape index (κ3) is 10.0. The monoisotopic (exact) mass is 916 g/mol. The summed E-state index contributed by atoms with van der Waals surface area (Å²) in [6.45, 7) is 28.1. The Morgan fingerprint density at radius 1 is 0.630 bits per heavy atom. The van der Waals surface area contributed by atoms with Crippen LogP contribution in [0.25, 0.3) is 21.5 Å². The predicted octanol–water partition coefficient (Wildman–Crippen LogP) is 13.8. The molecular weight excluding hydrogens is 847 g/mol. The SMILES string of the molecule is CC(C)(C)c1ccc2[cH-]c3c(C(C)(C)C)cccc3c2c1.CC[Si](CC)(CC)c1ccc([C](=[Hf+2])c2ccc([Si](CC)(CC)CC)cc2)cc1.[C-]1=CC=CC1. The molecule has 0 amide bonds. The summed E-state index contributed by atoms with van der Waals surface area (Å²) in [7, 11) is -2.53. The first kappa shape index (κ1) is 44.1. The maximum atomic E-state index is 2.99. The second-order valence-electron chi connectivity index (χ2n) is 17.4. The normalized spacial score (nSPS) is 13.1. The first-order valence-corrected chi connectivity index (χ1v) is 27.8. The molecule has 0 N–H and O–H groups in total. The van der Waals surface area contributed by atoms with Gasteiger partial charge < -0.3 is 0 Å². The largest absolute Gasteiger partial charge is 0.273 e. The molecule has 0 spiro atoms. The fraction of sp³-hybridized carbons (Fsp3) is 0.412. The van der Waals surface area contributed by atoms with Gasteiger partial charge in [0.15, 0.2) is 0 Å². The third-order valence-corrected chi connectivity index (χ3v) is 26.0. The van der Waals surface area contributed by atoms with Crippen molar-refractivity contribution in [3.05, 3.63) is 138 Å². The Hall–Kier alpha value is -2.60. The molecule has 0 aromatic heterocycles. The fourth-order valence-corrected chi connectivity index (χ4v) is 16.8. The number of allylic oxidation sites excluding steroid dienone is 4. The number of benzene rings is 4. The molecule has 54 heavy (non-hydrogen) atoms. The predicted molar refractivity (Wildman–Crippen MR) is 246 cm³/mol. The zero-order valence-electron chi connectivity index (χ0n) is 35.8. The van der Waals surface area contributed by atoms with Crippen molar-refractivity contribution in [2.24, 2.45) is 0 Å². The average Bonchev–Trinajstić information content (AvgIpc) is 3.89. The van der Waals surface area contributed by atoms with Crippen LogP contribution in [0.5, 0.6) is 0 Å². The molecule has 0 saturated heterocycles. The van der Waals surface area contributed by atoms with E-state index in [0.29, 0.717) is 0 Å². The van der Waals surface area contributed by atoms with Gasteiger partial charge in [-0.3, -0.25) is 6.08 Å². The Bertz CT molecular complexity index is 1920. The van der Waals surface area contributed by atoms with Gasteiger partial charge in [-0.25, -0.2) is 12.2 Å². The summed E-state index contributed by atoms with van der Waals surface area (Å²) in [4.78, 5) is 0. The second kappa shape index (κ2) is 19.0. The standard InChI is InChI=1S/C25H38Si2.C21H25.C5H5.Hf/c1-7-26(8-2,9-3)24-17-13-22(14-18-24)21-23-15-19-25(20-16-23)27(10-4,11-5)12-6;1-20(2,3)15-11-10-14-12-18-16(17(14)13-15)8-7-9-19(18)21(4,5)6;1-2-4-5-3-1;/h13-20H,7-12H2,1-6H3;7-13H,1-6H3;1-3H,4H2;/q;2*-1;+2. The summed E-state index contributed by atoms with van der Waals surface area (Å²) in [5, 5.41) is 8.85. The van der Waals surface area contributed by atoms with Gasteiger partial charge in [-0.15, -0.1) is 40.1 Å². The second-order valence-corrected chi connectivity index (χ2v) is 29.7. The third-order valence-electron chi connectivity index (χ3n) is 12.6. The first-order valence-electron chi connectivity index (χ1n) is 20.8. The van der Waals surface area contributed by atoms with E-state index in [-0.39, 0.29) is 10.8 Å². The molecule has 0 saturated carbocycles. The molecule has 0 nitrogen and oxygen atoms in total. The first-order chi connectivity index (χ1) is 25.6. The van der Waals surface area contributed by atoms with E-state index < -0.39 is 16.1 Å². The van der Waals surface area contributed by atoms with E-state index in [4.69, 9.17) is 0 Å². The smallest absolute Gasteiger partial charge is 0.109 e. The Morgan fingerprint density at radius 3 is 1.50 bits per heavy atom. The maximum absolute atomic E-state index is 2.99. The van der Waals surface area contributed by atoms with E-state index in [1.807, 2.05) is 12.2 Å². The Kier molecular flexibility index (Phi) is 15.5. The Morgan fingerprint density at radius 2 is 1.13 bits per heavy atom. The van der Waals surface area contributed by atoms with Crippen LogP contribution in [0.2, 0.25) is 36.3 Å². The van der Waals surface area contributed by atoms with E-state index >= 15 is 0 Å². The van der Waals surface area contributed by atoms with Crippen molar-refractivity contribution in [3.63, 3.8) is 0 Å². The van der Waals surface area contributed by atoms with E-state index in [2.05, 4.69) is 186 Å². The van der Waals surface area contributed by atoms with Crippen LogP contribution in [0.4, 0.5) is 0 Å². The summed E-state index contributed by atoms with van der Waals surface area (Å²) < 4.78 is 1.53. The van der Waals surface area contributed by atoms with Crippen molar-refractivity contribution in [1.29, 1.82) is 0 Å². The van der Waals surface area contributed by atoms with Crippen LogP contribution in [0.3, 0.4) is 0 Å². The quantitative estimate of drug-likeness (QED) is 0.0967. The number of hydrogen-bond donors (Lipinski definition) is 0. The molecule has 3 heteroatoms. The van der Waals surface area contributed by atoms with Crippen LogP contribution in [0, 0.1) is 6.08 Å². The number of fused-ring (bicyclic) bond motifs is 3. The number of hydrogen-bond acceptors (Lipinski definition) is 0. The molecule has 0 atom stereocenters. The minimum absolute atomic E-state index is 0.177. The summed E-state index contributed by atoms with van der Waals surface area (Å²) in [6.07, 6.45) is 10.0. The summed E-state index contributed by atoms with van der Waals surface area (Å²) >= 11 is 1.08. The van der Waals surface area contributed by atoms with Gasteiger partial charge >= 0.3 is 191 Å². The Balaban J connectivity index is 0.000000218. The molecule has 0 heterocycles. The average molecular weight is 916 g/mol. The molecule has 0 radical (unpaired) electrons. The van der Waals surface area contributed by atoms with Gasteiger partial charge in [0, 0.05) is 0 Å². The molecule has 284 valence electrons. The molecule has 0 bridgehead atoms. The van der Waals surface area contributed by atoms with Crippen molar-refractivity contribution in [2.75, 3.05) is 0 Å². The van der Waals surface area contributed by atoms with Gasteiger partial charge in [-0.2, -0.15) is 6.08 Å². The van der Waals surface area contributed by atoms with Crippen LogP contribution in [-0.2, 0) is 34.7 Å². The topological polar surface area (TPSA) is 0 Å². The van der Waals surface area contributed by atoms with Crippen molar-refractivity contribution in [3.8, 4) is 0 Å². The van der Waals surface area contributed by atoms with Crippen molar-refractivity contribution in [2.45, 2.75) is 137 Å². The van der Waals surface area contributed by atoms with Crippen LogP contribution >= 0.6 is 0 Å². The zero-order chi connectivity index (χ0) is 39.7. The molecule has 1 aliphatic rings. The van der Waals surface area contributed by atoms with Gasteiger partial charge in [0.25, 0.3) is 0 Å². The van der Waals surface area contributed by atoms with Gasteiger partial charge in [0.1, 0.15) is 0 Å².